The molecule has 0 bridgehead atoms. The van der Waals surface area contributed by atoms with Gasteiger partial charge in [-0.15, -0.1) is 0 Å². The minimum absolute atomic E-state index is 0.0650. The standard InChI is InChI=1S/C17H19ClN2O/c1-11(2)17(21)20-7-5-12(6-8-20)15-10-19-16-9-13(18)3-4-14(15)16/h3-5,9-11,19H,6-8H2,1-2H3. The van der Waals surface area contributed by atoms with Crippen molar-refractivity contribution in [1.82, 2.24) is 9.88 Å². The van der Waals surface area contributed by atoms with Crippen LogP contribution < -0.4 is 0 Å². The second-order valence-corrected chi connectivity index (χ2v) is 6.25. The number of hydrogen-bond acceptors (Lipinski definition) is 1. The smallest absolute Gasteiger partial charge is 0.225 e. The Labute approximate surface area is 129 Å². The molecule has 0 unspecified atom stereocenters. The molecule has 1 amide bonds. The molecule has 0 spiro atoms. The van der Waals surface area contributed by atoms with Crippen molar-refractivity contribution in [3.63, 3.8) is 0 Å². The highest BCUT2D eigenvalue weighted by atomic mass is 35.5. The number of fused-ring (bicyclic) bond motifs is 1. The number of carbonyl (C=O) groups excluding carboxylic acids is 1. The summed E-state index contributed by atoms with van der Waals surface area (Å²) in [6.07, 6.45) is 5.10. The van der Waals surface area contributed by atoms with Crippen LogP contribution >= 0.6 is 11.6 Å². The number of amides is 1. The third-order valence-electron chi connectivity index (χ3n) is 4.00. The van der Waals surface area contributed by atoms with Crippen molar-refractivity contribution >= 4 is 34.0 Å². The Morgan fingerprint density at radius 2 is 2.19 bits per heavy atom. The normalized spacial score (nSPS) is 15.6. The number of benzene rings is 1. The van der Waals surface area contributed by atoms with Gasteiger partial charge in [0, 0.05) is 46.7 Å². The third kappa shape index (κ3) is 2.70. The maximum absolute atomic E-state index is 12.0. The minimum atomic E-state index is 0.0650. The van der Waals surface area contributed by atoms with E-state index in [-0.39, 0.29) is 11.8 Å². The van der Waals surface area contributed by atoms with E-state index in [9.17, 15) is 4.79 Å². The number of nitrogens with one attached hydrogen (secondary N) is 1. The molecular formula is C17H19ClN2O. The lowest BCUT2D eigenvalue weighted by atomic mass is 9.98. The summed E-state index contributed by atoms with van der Waals surface area (Å²) in [5, 5.41) is 1.93. The van der Waals surface area contributed by atoms with E-state index < -0.39 is 0 Å². The van der Waals surface area contributed by atoms with Crippen LogP contribution in [0.1, 0.15) is 25.8 Å². The average Bonchev–Trinajstić information content (AvgIpc) is 2.89. The lowest BCUT2D eigenvalue weighted by molar-refractivity contribution is -0.134. The Bertz CT molecular complexity index is 715. The summed E-state index contributed by atoms with van der Waals surface area (Å²) in [5.74, 6) is 0.297. The van der Waals surface area contributed by atoms with Gasteiger partial charge in [-0.1, -0.05) is 37.6 Å². The maximum atomic E-state index is 12.0. The van der Waals surface area contributed by atoms with Crippen LogP contribution in [0.4, 0.5) is 0 Å². The second kappa shape index (κ2) is 5.57. The van der Waals surface area contributed by atoms with Gasteiger partial charge in [0.1, 0.15) is 0 Å². The topological polar surface area (TPSA) is 36.1 Å². The van der Waals surface area contributed by atoms with Gasteiger partial charge in [0.15, 0.2) is 0 Å². The van der Waals surface area contributed by atoms with Crippen LogP contribution in [0.25, 0.3) is 16.5 Å². The zero-order valence-electron chi connectivity index (χ0n) is 12.3. The molecule has 3 rings (SSSR count). The molecule has 2 aromatic rings. The molecule has 3 nitrogen and oxygen atoms in total. The summed E-state index contributed by atoms with van der Waals surface area (Å²) in [6.45, 7) is 5.39. The van der Waals surface area contributed by atoms with Crippen molar-refractivity contribution in [2.24, 2.45) is 5.92 Å². The van der Waals surface area contributed by atoms with Gasteiger partial charge in [-0.25, -0.2) is 0 Å². The Morgan fingerprint density at radius 3 is 2.86 bits per heavy atom. The SMILES string of the molecule is CC(C)C(=O)N1CC=C(c2c[nH]c3cc(Cl)ccc23)CC1. The van der Waals surface area contributed by atoms with E-state index in [0.29, 0.717) is 6.54 Å². The molecule has 1 aromatic carbocycles. The fourth-order valence-corrected chi connectivity index (χ4v) is 3.02. The van der Waals surface area contributed by atoms with Gasteiger partial charge >= 0.3 is 0 Å². The van der Waals surface area contributed by atoms with Crippen molar-refractivity contribution in [2.75, 3.05) is 13.1 Å². The van der Waals surface area contributed by atoms with E-state index in [1.54, 1.807) is 0 Å². The van der Waals surface area contributed by atoms with Crippen LogP contribution in [0.15, 0.2) is 30.5 Å². The monoisotopic (exact) mass is 302 g/mol. The van der Waals surface area contributed by atoms with Crippen molar-refractivity contribution in [3.05, 3.63) is 41.1 Å². The molecule has 0 atom stereocenters. The molecule has 1 aromatic heterocycles. The van der Waals surface area contributed by atoms with E-state index in [1.165, 1.54) is 16.5 Å². The van der Waals surface area contributed by atoms with E-state index in [1.807, 2.05) is 37.1 Å². The lowest BCUT2D eigenvalue weighted by Crippen LogP contribution is -2.37. The summed E-state index contributed by atoms with van der Waals surface area (Å²) in [4.78, 5) is 17.2. The lowest BCUT2D eigenvalue weighted by Gasteiger charge is -2.28. The fraction of sp³-hybridized carbons (Fsp3) is 0.353. The molecule has 1 aliphatic heterocycles. The fourth-order valence-electron chi connectivity index (χ4n) is 2.84. The molecule has 110 valence electrons. The molecule has 0 saturated heterocycles. The largest absolute Gasteiger partial charge is 0.361 e. The van der Waals surface area contributed by atoms with Gasteiger partial charge in [0.2, 0.25) is 5.91 Å². The molecule has 4 heteroatoms. The molecule has 1 N–H and O–H groups in total. The predicted octanol–water partition coefficient (Wildman–Crippen LogP) is 4.09. The summed E-state index contributed by atoms with van der Waals surface area (Å²) < 4.78 is 0. The van der Waals surface area contributed by atoms with E-state index in [0.717, 1.165) is 23.5 Å². The first kappa shape index (κ1) is 14.2. The van der Waals surface area contributed by atoms with E-state index >= 15 is 0 Å². The Balaban J connectivity index is 1.86. The summed E-state index contributed by atoms with van der Waals surface area (Å²) in [7, 11) is 0. The average molecular weight is 303 g/mol. The van der Waals surface area contributed by atoms with Crippen LogP contribution in [-0.2, 0) is 4.79 Å². The first-order chi connectivity index (χ1) is 10.1. The molecule has 21 heavy (non-hydrogen) atoms. The Kier molecular flexibility index (Phi) is 3.77. The van der Waals surface area contributed by atoms with Gasteiger partial charge < -0.3 is 9.88 Å². The van der Waals surface area contributed by atoms with Crippen LogP contribution in [0.2, 0.25) is 5.02 Å². The highest BCUT2D eigenvalue weighted by molar-refractivity contribution is 6.31. The summed E-state index contributed by atoms with van der Waals surface area (Å²) in [6, 6.07) is 5.91. The number of halogens is 1. The van der Waals surface area contributed by atoms with Gasteiger partial charge in [-0.05, 0) is 24.1 Å². The first-order valence-corrected chi connectivity index (χ1v) is 7.69. The quantitative estimate of drug-likeness (QED) is 0.891. The van der Waals surface area contributed by atoms with Crippen molar-refractivity contribution in [2.45, 2.75) is 20.3 Å². The van der Waals surface area contributed by atoms with Gasteiger partial charge in [-0.3, -0.25) is 4.79 Å². The first-order valence-electron chi connectivity index (χ1n) is 7.31. The zero-order chi connectivity index (χ0) is 15.0. The van der Waals surface area contributed by atoms with Gasteiger partial charge in [-0.2, -0.15) is 0 Å². The molecule has 1 aliphatic rings. The molecular weight excluding hydrogens is 284 g/mol. The van der Waals surface area contributed by atoms with E-state index in [2.05, 4.69) is 17.1 Å². The van der Waals surface area contributed by atoms with Gasteiger partial charge in [0.05, 0.1) is 0 Å². The number of aromatic amines is 1. The van der Waals surface area contributed by atoms with Crippen molar-refractivity contribution < 1.29 is 4.79 Å². The number of aromatic nitrogens is 1. The highest BCUT2D eigenvalue weighted by Crippen LogP contribution is 2.30. The van der Waals surface area contributed by atoms with Crippen molar-refractivity contribution in [1.29, 1.82) is 0 Å². The highest BCUT2D eigenvalue weighted by Gasteiger charge is 2.21. The van der Waals surface area contributed by atoms with Crippen molar-refractivity contribution in [3.8, 4) is 0 Å². The molecule has 2 heterocycles. The van der Waals surface area contributed by atoms with Gasteiger partial charge in [0.25, 0.3) is 0 Å². The Hall–Kier alpha value is -1.74. The zero-order valence-corrected chi connectivity index (χ0v) is 13.1. The van der Waals surface area contributed by atoms with Crippen LogP contribution in [0.3, 0.4) is 0 Å². The van der Waals surface area contributed by atoms with Crippen LogP contribution in [0, 0.1) is 5.92 Å². The summed E-state index contributed by atoms with van der Waals surface area (Å²) >= 11 is 6.02. The Morgan fingerprint density at radius 1 is 1.38 bits per heavy atom. The minimum Gasteiger partial charge on any atom is -0.361 e. The van der Waals surface area contributed by atoms with Crippen LogP contribution in [-0.4, -0.2) is 28.9 Å². The maximum Gasteiger partial charge on any atom is 0.225 e. The number of carbonyl (C=O) groups is 1. The van der Waals surface area contributed by atoms with E-state index in [4.69, 9.17) is 11.6 Å². The van der Waals surface area contributed by atoms with Crippen LogP contribution in [0.5, 0.6) is 0 Å². The number of nitrogens with zero attached hydrogens (tertiary/aromatic N) is 1. The number of H-pyrrole nitrogens is 1. The molecule has 0 aliphatic carbocycles. The molecule has 0 fully saturated rings. The number of hydrogen-bond donors (Lipinski definition) is 1. The third-order valence-corrected chi connectivity index (χ3v) is 4.24. The molecule has 0 radical (unpaired) electrons. The summed E-state index contributed by atoms with van der Waals surface area (Å²) in [5.41, 5.74) is 3.58. The predicted molar refractivity (Wildman–Crippen MR) is 87.3 cm³/mol. The second-order valence-electron chi connectivity index (χ2n) is 5.81. The number of rotatable bonds is 2. The molecule has 0 saturated carbocycles.